The van der Waals surface area contributed by atoms with Gasteiger partial charge in [0, 0.05) is 35.7 Å². The number of nitrogens with one attached hydrogen (secondary N) is 1. The Bertz CT molecular complexity index is 1020. The minimum Gasteiger partial charge on any atom is -0.604 e. The molecule has 146 valence electrons. The average molecular weight is 405 g/mol. The van der Waals surface area contributed by atoms with Crippen molar-refractivity contribution < 1.29 is 14.0 Å². The fourth-order valence-electron chi connectivity index (χ4n) is 2.94. The van der Waals surface area contributed by atoms with Gasteiger partial charge in [0.25, 0.3) is 0 Å². The molecule has 0 bridgehead atoms. The fraction of sp³-hybridized carbons (Fsp3) is 0.0909. The number of imidazole rings is 1. The Morgan fingerprint density at radius 1 is 0.793 bits per heavy atom. The van der Waals surface area contributed by atoms with Crippen molar-refractivity contribution >= 4 is 11.2 Å². The number of aromatic nitrogens is 3. The van der Waals surface area contributed by atoms with Crippen LogP contribution in [0.5, 0.6) is 11.5 Å². The van der Waals surface area contributed by atoms with Crippen LogP contribution in [0.25, 0.3) is 22.5 Å². The van der Waals surface area contributed by atoms with E-state index in [-0.39, 0.29) is 0 Å². The van der Waals surface area contributed by atoms with E-state index < -0.39 is 11.2 Å². The van der Waals surface area contributed by atoms with E-state index in [0.29, 0.717) is 10.1 Å². The van der Waals surface area contributed by atoms with E-state index in [0.717, 1.165) is 34.0 Å². The Hall–Kier alpha value is -3.29. The van der Waals surface area contributed by atoms with Crippen LogP contribution in [0.1, 0.15) is 0 Å². The molecule has 0 aliphatic carbocycles. The van der Waals surface area contributed by atoms with Crippen LogP contribution in [0.15, 0.2) is 83.1 Å². The third kappa shape index (κ3) is 3.96. The van der Waals surface area contributed by atoms with E-state index in [1.165, 1.54) is 0 Å². The van der Waals surface area contributed by atoms with Gasteiger partial charge in [0.1, 0.15) is 17.2 Å². The van der Waals surface area contributed by atoms with Crippen LogP contribution in [0.4, 0.5) is 0 Å². The molecule has 0 amide bonds. The van der Waals surface area contributed by atoms with E-state index in [1.54, 1.807) is 38.7 Å². The standard InChI is InChI=1S/C22H19N3O3S/c1-27-17-7-3-15(4-8-17)20-21(16-5-9-18(28-2)10-6-16)25-22(24-20)29(26)19-11-13-23-14-12-19/h3-14H,1-2H3,(H,24,25). The summed E-state index contributed by atoms with van der Waals surface area (Å²) in [5.41, 5.74) is 3.32. The molecule has 1 N–H and O–H groups in total. The van der Waals surface area contributed by atoms with Crippen molar-refractivity contribution in [2.45, 2.75) is 10.1 Å². The maximum absolute atomic E-state index is 13.0. The number of nitrogens with zero attached hydrogens (tertiary/aromatic N) is 2. The predicted molar refractivity (Wildman–Crippen MR) is 111 cm³/mol. The minimum atomic E-state index is -1.45. The summed E-state index contributed by atoms with van der Waals surface area (Å²) in [6, 6.07) is 18.7. The number of rotatable bonds is 6. The Morgan fingerprint density at radius 3 is 1.90 bits per heavy atom. The smallest absolute Gasteiger partial charge is 0.327 e. The van der Waals surface area contributed by atoms with Gasteiger partial charge in [-0.05, 0) is 48.5 Å². The second-order valence-corrected chi connectivity index (χ2v) is 7.57. The number of ether oxygens (including phenoxy) is 2. The molecule has 0 saturated carbocycles. The molecule has 0 spiro atoms. The van der Waals surface area contributed by atoms with Gasteiger partial charge in [0.05, 0.1) is 31.1 Å². The summed E-state index contributed by atoms with van der Waals surface area (Å²) < 4.78 is 23.5. The molecule has 2 heterocycles. The maximum atomic E-state index is 13.0. The van der Waals surface area contributed by atoms with Gasteiger partial charge < -0.3 is 14.0 Å². The van der Waals surface area contributed by atoms with Crippen LogP contribution >= 0.6 is 0 Å². The van der Waals surface area contributed by atoms with Gasteiger partial charge in [0.2, 0.25) is 0 Å². The van der Waals surface area contributed by atoms with Gasteiger partial charge >= 0.3 is 5.16 Å². The number of H-pyrrole nitrogens is 1. The minimum absolute atomic E-state index is 0.382. The van der Waals surface area contributed by atoms with Crippen molar-refractivity contribution in [3.8, 4) is 34.0 Å². The van der Waals surface area contributed by atoms with Crippen LogP contribution in [-0.4, -0.2) is 33.7 Å². The number of hydrogen-bond donors (Lipinski definition) is 1. The summed E-state index contributed by atoms with van der Waals surface area (Å²) in [5.74, 6) is 1.52. The molecular formula is C22H19N3O3S. The van der Waals surface area contributed by atoms with Crippen molar-refractivity contribution in [2.75, 3.05) is 14.2 Å². The molecule has 0 radical (unpaired) electrons. The molecule has 1 unspecified atom stereocenters. The molecule has 7 heteroatoms. The zero-order valence-corrected chi connectivity index (χ0v) is 16.8. The first kappa shape index (κ1) is 19.0. The Balaban J connectivity index is 1.81. The van der Waals surface area contributed by atoms with E-state index in [1.807, 2.05) is 48.5 Å². The lowest BCUT2D eigenvalue weighted by molar-refractivity contribution is 0.414. The molecule has 2 aromatic carbocycles. The van der Waals surface area contributed by atoms with Crippen LogP contribution in [0, 0.1) is 0 Å². The molecule has 0 saturated heterocycles. The van der Waals surface area contributed by atoms with Gasteiger partial charge in [-0.15, -0.1) is 0 Å². The van der Waals surface area contributed by atoms with Gasteiger partial charge in [0.15, 0.2) is 4.90 Å². The number of benzene rings is 2. The average Bonchev–Trinajstić information content (AvgIpc) is 3.24. The third-order valence-electron chi connectivity index (χ3n) is 4.46. The topological polar surface area (TPSA) is 83.1 Å². The lowest BCUT2D eigenvalue weighted by atomic mass is 10.0. The Kier molecular flexibility index (Phi) is 5.50. The third-order valence-corrected chi connectivity index (χ3v) is 5.71. The maximum Gasteiger partial charge on any atom is 0.327 e. The zero-order valence-electron chi connectivity index (χ0n) is 16.0. The largest absolute Gasteiger partial charge is 0.604 e. The first-order valence-electron chi connectivity index (χ1n) is 8.90. The Morgan fingerprint density at radius 2 is 1.34 bits per heavy atom. The molecule has 1 atom stereocenters. The summed E-state index contributed by atoms with van der Waals surface area (Å²) in [5, 5.41) is 0.382. The van der Waals surface area contributed by atoms with Crippen molar-refractivity contribution in [2.24, 2.45) is 0 Å². The van der Waals surface area contributed by atoms with Crippen molar-refractivity contribution in [1.29, 1.82) is 0 Å². The summed E-state index contributed by atoms with van der Waals surface area (Å²) in [6.07, 6.45) is 3.23. The number of methoxy groups -OCH3 is 2. The normalized spacial score (nSPS) is 11.8. The zero-order chi connectivity index (χ0) is 20.2. The summed E-state index contributed by atoms with van der Waals surface area (Å²) in [7, 11) is 3.26. The molecule has 0 aliphatic rings. The highest BCUT2D eigenvalue weighted by Gasteiger charge is 2.24. The molecule has 4 aromatic rings. The first-order chi connectivity index (χ1) is 14.2. The number of pyridine rings is 1. The monoisotopic (exact) mass is 405 g/mol. The van der Waals surface area contributed by atoms with E-state index in [4.69, 9.17) is 9.47 Å². The lowest BCUT2D eigenvalue weighted by Crippen LogP contribution is -2.04. The molecule has 0 aliphatic heterocycles. The van der Waals surface area contributed by atoms with Crippen LogP contribution in [-0.2, 0) is 11.2 Å². The molecule has 29 heavy (non-hydrogen) atoms. The highest BCUT2D eigenvalue weighted by Crippen LogP contribution is 2.34. The van der Waals surface area contributed by atoms with Crippen molar-refractivity contribution in [3.63, 3.8) is 0 Å². The predicted octanol–water partition coefficient (Wildman–Crippen LogP) is 4.32. The van der Waals surface area contributed by atoms with E-state index in [2.05, 4.69) is 15.0 Å². The molecule has 4 rings (SSSR count). The lowest BCUT2D eigenvalue weighted by Gasteiger charge is -2.05. The molecular weight excluding hydrogens is 386 g/mol. The first-order valence-corrected chi connectivity index (χ1v) is 10.0. The van der Waals surface area contributed by atoms with E-state index >= 15 is 0 Å². The van der Waals surface area contributed by atoms with Crippen LogP contribution in [0.2, 0.25) is 0 Å². The van der Waals surface area contributed by atoms with E-state index in [9.17, 15) is 4.55 Å². The number of aromatic amines is 1. The summed E-state index contributed by atoms with van der Waals surface area (Å²) in [6.45, 7) is 0. The SMILES string of the molecule is COc1ccc(-c2nc([S+]([O-])c3ccncc3)[nH]c2-c2ccc(OC)cc2)cc1. The molecule has 2 aromatic heterocycles. The highest BCUT2D eigenvalue weighted by atomic mass is 32.2. The van der Waals surface area contributed by atoms with Crippen LogP contribution < -0.4 is 9.47 Å². The van der Waals surface area contributed by atoms with Crippen LogP contribution in [0.3, 0.4) is 0 Å². The second kappa shape index (κ2) is 8.38. The summed E-state index contributed by atoms with van der Waals surface area (Å²) in [4.78, 5) is 12.6. The van der Waals surface area contributed by atoms with Gasteiger partial charge in [-0.25, -0.2) is 0 Å². The van der Waals surface area contributed by atoms with Gasteiger partial charge in [-0.2, -0.15) is 4.98 Å². The molecule has 6 nitrogen and oxygen atoms in total. The Labute approximate surface area is 171 Å². The molecule has 0 fully saturated rings. The second-order valence-electron chi connectivity index (χ2n) is 6.17. The quantitative estimate of drug-likeness (QED) is 0.483. The summed E-state index contributed by atoms with van der Waals surface area (Å²) >= 11 is -1.45. The van der Waals surface area contributed by atoms with Crippen molar-refractivity contribution in [3.05, 3.63) is 73.1 Å². The van der Waals surface area contributed by atoms with Crippen molar-refractivity contribution in [1.82, 2.24) is 15.0 Å². The van der Waals surface area contributed by atoms with Gasteiger partial charge in [-0.3, -0.25) is 9.97 Å². The fourth-order valence-corrected chi connectivity index (χ4v) is 3.90. The highest BCUT2D eigenvalue weighted by molar-refractivity contribution is 7.91. The number of hydrogen-bond acceptors (Lipinski definition) is 5. The van der Waals surface area contributed by atoms with Gasteiger partial charge in [-0.1, -0.05) is 0 Å².